The van der Waals surface area contributed by atoms with Gasteiger partial charge >= 0.3 is 5.97 Å². The second kappa shape index (κ2) is 5.52. The lowest BCUT2D eigenvalue weighted by Gasteiger charge is -2.42. The predicted octanol–water partition coefficient (Wildman–Crippen LogP) is 0.314. The number of amides is 1. The third-order valence-corrected chi connectivity index (χ3v) is 3.91. The van der Waals surface area contributed by atoms with Crippen LogP contribution in [0.1, 0.15) is 19.3 Å². The predicted molar refractivity (Wildman–Crippen MR) is 66.8 cm³/mol. The number of methoxy groups -OCH3 is 1. The van der Waals surface area contributed by atoms with E-state index in [1.165, 1.54) is 7.11 Å². The Hall–Kier alpha value is -1.36. The third-order valence-electron chi connectivity index (χ3n) is 3.91. The van der Waals surface area contributed by atoms with Gasteiger partial charge in [0, 0.05) is 25.6 Å². The first kappa shape index (κ1) is 13.1. The number of nitrogens with one attached hydrogen (secondary N) is 1. The summed E-state index contributed by atoms with van der Waals surface area (Å²) in [6.45, 7) is 5.31. The summed E-state index contributed by atoms with van der Waals surface area (Å²) >= 11 is 0. The number of nitrogens with zero attached hydrogens (tertiary/aromatic N) is 1. The molecule has 0 aromatic carbocycles. The molecule has 1 N–H and O–H groups in total. The van der Waals surface area contributed by atoms with Crippen LogP contribution in [0.4, 0.5) is 0 Å². The third kappa shape index (κ3) is 2.56. The highest BCUT2D eigenvalue weighted by atomic mass is 16.5. The number of esters is 1. The van der Waals surface area contributed by atoms with Crippen LogP contribution in [-0.2, 0) is 14.3 Å². The molecule has 18 heavy (non-hydrogen) atoms. The van der Waals surface area contributed by atoms with E-state index < -0.39 is 0 Å². The maximum absolute atomic E-state index is 11.6. The van der Waals surface area contributed by atoms with E-state index >= 15 is 0 Å². The number of likely N-dealkylation sites (tertiary alicyclic amines) is 1. The van der Waals surface area contributed by atoms with E-state index in [4.69, 9.17) is 4.74 Å². The van der Waals surface area contributed by atoms with E-state index in [0.717, 1.165) is 25.9 Å². The van der Waals surface area contributed by atoms with Crippen molar-refractivity contribution in [2.24, 2.45) is 5.92 Å². The number of piperidine rings is 2. The van der Waals surface area contributed by atoms with Crippen molar-refractivity contribution in [2.75, 3.05) is 20.2 Å². The second-order valence-electron chi connectivity index (χ2n) is 4.96. The molecule has 0 spiro atoms. The number of carbonyl (C=O) groups is 2. The molecule has 0 aromatic heterocycles. The molecular formula is C13H20N2O3. The average Bonchev–Trinajstić information content (AvgIpc) is 2.39. The van der Waals surface area contributed by atoms with Gasteiger partial charge in [-0.25, -0.2) is 0 Å². The first-order chi connectivity index (χ1) is 8.65. The Morgan fingerprint density at radius 2 is 2.39 bits per heavy atom. The summed E-state index contributed by atoms with van der Waals surface area (Å²) < 4.78 is 4.79. The first-order valence-electron chi connectivity index (χ1n) is 6.39. The molecule has 5 heteroatoms. The van der Waals surface area contributed by atoms with Crippen molar-refractivity contribution in [1.29, 1.82) is 0 Å². The van der Waals surface area contributed by atoms with Crippen LogP contribution in [0.15, 0.2) is 12.7 Å². The Morgan fingerprint density at radius 3 is 3.06 bits per heavy atom. The molecule has 0 bridgehead atoms. The number of hydrogen-bond acceptors (Lipinski definition) is 4. The lowest BCUT2D eigenvalue weighted by atomic mass is 9.84. The highest BCUT2D eigenvalue weighted by molar-refractivity contribution is 5.78. The van der Waals surface area contributed by atoms with Crippen LogP contribution in [-0.4, -0.2) is 49.1 Å². The summed E-state index contributed by atoms with van der Waals surface area (Å²) in [5.41, 5.74) is 0. The van der Waals surface area contributed by atoms with Crippen molar-refractivity contribution in [1.82, 2.24) is 10.2 Å². The van der Waals surface area contributed by atoms with Gasteiger partial charge in [0.2, 0.25) is 5.91 Å². The van der Waals surface area contributed by atoms with Gasteiger partial charge in [-0.1, -0.05) is 6.08 Å². The van der Waals surface area contributed by atoms with Crippen molar-refractivity contribution in [3.8, 4) is 0 Å². The standard InChI is InChI=1S/C13H20N2O3/c1-3-11(13(17)18-2)15-7-6-10-9(8-15)4-5-12(16)14-10/h3,9-11H,1,4-8H2,2H3,(H,14,16). The van der Waals surface area contributed by atoms with Gasteiger partial charge in [0.05, 0.1) is 7.11 Å². The summed E-state index contributed by atoms with van der Waals surface area (Å²) in [5.74, 6) is 0.324. The van der Waals surface area contributed by atoms with E-state index in [9.17, 15) is 9.59 Å². The van der Waals surface area contributed by atoms with Crippen LogP contribution in [0.2, 0.25) is 0 Å². The van der Waals surface area contributed by atoms with Crippen LogP contribution in [0.5, 0.6) is 0 Å². The fourth-order valence-corrected chi connectivity index (χ4v) is 2.91. The largest absolute Gasteiger partial charge is 0.468 e. The Balaban J connectivity index is 1.99. The molecule has 0 saturated carbocycles. The molecule has 0 radical (unpaired) electrons. The molecule has 2 aliphatic rings. The fourth-order valence-electron chi connectivity index (χ4n) is 2.91. The van der Waals surface area contributed by atoms with Crippen LogP contribution in [0.25, 0.3) is 0 Å². The minimum atomic E-state index is -0.367. The molecule has 2 aliphatic heterocycles. The number of rotatable bonds is 3. The molecule has 3 atom stereocenters. The van der Waals surface area contributed by atoms with Crippen LogP contribution >= 0.6 is 0 Å². The molecule has 2 rings (SSSR count). The monoisotopic (exact) mass is 252 g/mol. The van der Waals surface area contributed by atoms with Gasteiger partial charge < -0.3 is 10.1 Å². The maximum atomic E-state index is 11.6. The smallest absolute Gasteiger partial charge is 0.327 e. The van der Waals surface area contributed by atoms with Crippen molar-refractivity contribution >= 4 is 11.9 Å². The number of carbonyl (C=O) groups excluding carboxylic acids is 2. The van der Waals surface area contributed by atoms with Crippen LogP contribution in [0, 0.1) is 5.92 Å². The molecule has 2 fully saturated rings. The minimum absolute atomic E-state index is 0.151. The Kier molecular flexibility index (Phi) is 4.01. The number of hydrogen-bond donors (Lipinski definition) is 1. The molecule has 2 saturated heterocycles. The Bertz CT molecular complexity index is 356. The highest BCUT2D eigenvalue weighted by Crippen LogP contribution is 2.26. The van der Waals surface area contributed by atoms with Crippen molar-refractivity contribution in [2.45, 2.75) is 31.3 Å². The summed E-state index contributed by atoms with van der Waals surface area (Å²) in [5, 5.41) is 3.03. The van der Waals surface area contributed by atoms with Crippen molar-refractivity contribution in [3.05, 3.63) is 12.7 Å². The minimum Gasteiger partial charge on any atom is -0.468 e. The maximum Gasteiger partial charge on any atom is 0.327 e. The molecule has 0 aliphatic carbocycles. The lowest BCUT2D eigenvalue weighted by molar-refractivity contribution is -0.146. The van der Waals surface area contributed by atoms with Gasteiger partial charge in [0.15, 0.2) is 0 Å². The molecule has 3 unspecified atom stereocenters. The van der Waals surface area contributed by atoms with Crippen LogP contribution in [0.3, 0.4) is 0 Å². The zero-order valence-electron chi connectivity index (χ0n) is 10.7. The topological polar surface area (TPSA) is 58.6 Å². The summed E-state index contributed by atoms with van der Waals surface area (Å²) in [6.07, 6.45) is 4.01. The molecule has 5 nitrogen and oxygen atoms in total. The van der Waals surface area contributed by atoms with Gasteiger partial charge in [0.1, 0.15) is 6.04 Å². The van der Waals surface area contributed by atoms with E-state index in [1.54, 1.807) is 6.08 Å². The quantitative estimate of drug-likeness (QED) is 0.580. The number of fused-ring (bicyclic) bond motifs is 1. The van der Waals surface area contributed by atoms with E-state index in [2.05, 4.69) is 16.8 Å². The Labute approximate surface area is 107 Å². The molecule has 1 amide bonds. The fraction of sp³-hybridized carbons (Fsp3) is 0.692. The van der Waals surface area contributed by atoms with E-state index in [-0.39, 0.29) is 24.0 Å². The van der Waals surface area contributed by atoms with Crippen LogP contribution < -0.4 is 5.32 Å². The van der Waals surface area contributed by atoms with Gasteiger partial charge in [-0.15, -0.1) is 6.58 Å². The zero-order valence-corrected chi connectivity index (χ0v) is 10.7. The van der Waals surface area contributed by atoms with Gasteiger partial charge in [0.25, 0.3) is 0 Å². The van der Waals surface area contributed by atoms with E-state index in [1.807, 2.05) is 0 Å². The van der Waals surface area contributed by atoms with Gasteiger partial charge in [-0.05, 0) is 18.8 Å². The lowest BCUT2D eigenvalue weighted by Crippen LogP contribution is -2.56. The summed E-state index contributed by atoms with van der Waals surface area (Å²) in [6, 6.07) is -0.0980. The molecule has 0 aromatic rings. The summed E-state index contributed by atoms with van der Waals surface area (Å²) in [7, 11) is 1.40. The normalized spacial score (nSPS) is 29.9. The first-order valence-corrected chi connectivity index (χ1v) is 6.39. The van der Waals surface area contributed by atoms with Crippen molar-refractivity contribution in [3.63, 3.8) is 0 Å². The van der Waals surface area contributed by atoms with Crippen molar-refractivity contribution < 1.29 is 14.3 Å². The number of ether oxygens (including phenoxy) is 1. The van der Waals surface area contributed by atoms with Gasteiger partial charge in [-0.3, -0.25) is 14.5 Å². The highest BCUT2D eigenvalue weighted by Gasteiger charge is 2.37. The van der Waals surface area contributed by atoms with E-state index in [0.29, 0.717) is 12.3 Å². The molecular weight excluding hydrogens is 232 g/mol. The summed E-state index contributed by atoms with van der Waals surface area (Å²) in [4.78, 5) is 25.1. The molecule has 2 heterocycles. The SMILES string of the molecule is C=CC(C(=O)OC)N1CCC2NC(=O)CCC2C1. The molecule has 100 valence electrons. The average molecular weight is 252 g/mol. The second-order valence-corrected chi connectivity index (χ2v) is 4.96. The Morgan fingerprint density at radius 1 is 1.61 bits per heavy atom. The zero-order chi connectivity index (χ0) is 13.1. The van der Waals surface area contributed by atoms with Gasteiger partial charge in [-0.2, -0.15) is 0 Å².